The fourth-order valence-corrected chi connectivity index (χ4v) is 1.76. The van der Waals surface area contributed by atoms with Crippen LogP contribution in [0, 0.1) is 11.3 Å². The molecule has 0 bridgehead atoms. The van der Waals surface area contributed by atoms with Crippen LogP contribution in [0.3, 0.4) is 0 Å². The second-order valence-electron chi connectivity index (χ2n) is 4.04. The van der Waals surface area contributed by atoms with Crippen molar-refractivity contribution in [3.05, 3.63) is 0 Å². The molecule has 2 unspecified atom stereocenters. The van der Waals surface area contributed by atoms with Gasteiger partial charge in [-0.3, -0.25) is 4.79 Å². The molecule has 1 aliphatic rings. The molecule has 0 aromatic carbocycles. The van der Waals surface area contributed by atoms with Crippen LogP contribution in [0.5, 0.6) is 0 Å². The summed E-state index contributed by atoms with van der Waals surface area (Å²) in [5.41, 5.74) is -0.564. The van der Waals surface area contributed by atoms with Crippen LogP contribution in [0.2, 0.25) is 0 Å². The SMILES string of the molecule is COC1(C)C(=O)C(C)C1(C)C. The van der Waals surface area contributed by atoms with Crippen molar-refractivity contribution in [1.29, 1.82) is 0 Å². The molecule has 1 aliphatic carbocycles. The summed E-state index contributed by atoms with van der Waals surface area (Å²) in [6.45, 7) is 7.98. The van der Waals surface area contributed by atoms with Crippen molar-refractivity contribution in [2.24, 2.45) is 11.3 Å². The topological polar surface area (TPSA) is 26.3 Å². The van der Waals surface area contributed by atoms with E-state index in [4.69, 9.17) is 4.74 Å². The van der Waals surface area contributed by atoms with Crippen LogP contribution in [-0.2, 0) is 9.53 Å². The third kappa shape index (κ3) is 0.734. The summed E-state index contributed by atoms with van der Waals surface area (Å²) >= 11 is 0. The molecule has 0 aliphatic heterocycles. The fourth-order valence-electron chi connectivity index (χ4n) is 1.76. The van der Waals surface area contributed by atoms with E-state index < -0.39 is 5.60 Å². The maximum Gasteiger partial charge on any atom is 0.168 e. The Morgan fingerprint density at radius 2 is 1.82 bits per heavy atom. The van der Waals surface area contributed by atoms with Crippen LogP contribution in [0.15, 0.2) is 0 Å². The molecule has 0 saturated heterocycles. The summed E-state index contributed by atoms with van der Waals surface area (Å²) in [7, 11) is 1.60. The molecule has 1 saturated carbocycles. The lowest BCUT2D eigenvalue weighted by molar-refractivity contribution is -0.197. The summed E-state index contributed by atoms with van der Waals surface area (Å²) in [6, 6.07) is 0. The molecular weight excluding hydrogens is 140 g/mol. The molecule has 2 heteroatoms. The van der Waals surface area contributed by atoms with E-state index in [1.807, 2.05) is 13.8 Å². The second-order valence-corrected chi connectivity index (χ2v) is 4.04. The van der Waals surface area contributed by atoms with E-state index in [9.17, 15) is 4.79 Å². The molecule has 1 rings (SSSR count). The molecule has 2 atom stereocenters. The number of rotatable bonds is 1. The predicted molar refractivity (Wildman–Crippen MR) is 43.4 cm³/mol. The maximum absolute atomic E-state index is 11.4. The van der Waals surface area contributed by atoms with E-state index in [-0.39, 0.29) is 17.1 Å². The molecule has 0 aromatic rings. The largest absolute Gasteiger partial charge is 0.370 e. The molecule has 0 radical (unpaired) electrons. The molecule has 0 aromatic heterocycles. The average molecular weight is 156 g/mol. The highest BCUT2D eigenvalue weighted by atomic mass is 16.5. The smallest absolute Gasteiger partial charge is 0.168 e. The van der Waals surface area contributed by atoms with Gasteiger partial charge in [-0.05, 0) is 6.92 Å². The van der Waals surface area contributed by atoms with Gasteiger partial charge in [0.05, 0.1) is 0 Å². The first kappa shape index (κ1) is 8.72. The first-order chi connectivity index (χ1) is 4.88. The molecule has 0 spiro atoms. The van der Waals surface area contributed by atoms with Gasteiger partial charge in [-0.2, -0.15) is 0 Å². The molecule has 0 amide bonds. The van der Waals surface area contributed by atoms with Gasteiger partial charge in [0.25, 0.3) is 0 Å². The number of hydrogen-bond donors (Lipinski definition) is 0. The second kappa shape index (κ2) is 2.07. The Morgan fingerprint density at radius 3 is 2.00 bits per heavy atom. The fraction of sp³-hybridized carbons (Fsp3) is 0.889. The Bertz CT molecular complexity index is 196. The van der Waals surface area contributed by atoms with Gasteiger partial charge in [0.15, 0.2) is 5.78 Å². The van der Waals surface area contributed by atoms with Crippen LogP contribution in [0.4, 0.5) is 0 Å². The quantitative estimate of drug-likeness (QED) is 0.577. The Hall–Kier alpha value is -0.370. The van der Waals surface area contributed by atoms with Crippen LogP contribution >= 0.6 is 0 Å². The minimum atomic E-state index is -0.549. The number of methoxy groups -OCH3 is 1. The first-order valence-electron chi connectivity index (χ1n) is 3.97. The Kier molecular flexibility index (Phi) is 1.64. The number of Topliss-reactive ketones (excluding diaryl/α,β-unsaturated/α-hetero) is 1. The van der Waals surface area contributed by atoms with Crippen LogP contribution in [-0.4, -0.2) is 18.5 Å². The zero-order valence-corrected chi connectivity index (χ0v) is 7.89. The molecule has 2 nitrogen and oxygen atoms in total. The third-order valence-electron chi connectivity index (χ3n) is 3.58. The normalized spacial score (nSPS) is 41.9. The standard InChI is InChI=1S/C9H16O2/c1-6-7(10)9(4,11-5)8(6,2)3/h6H,1-5H3. The third-order valence-corrected chi connectivity index (χ3v) is 3.58. The van der Waals surface area contributed by atoms with Crippen molar-refractivity contribution in [3.8, 4) is 0 Å². The van der Waals surface area contributed by atoms with Crippen LogP contribution < -0.4 is 0 Å². The summed E-state index contributed by atoms with van der Waals surface area (Å²) in [5.74, 6) is 0.359. The van der Waals surface area contributed by atoms with Crippen LogP contribution in [0.1, 0.15) is 27.7 Å². The van der Waals surface area contributed by atoms with Crippen molar-refractivity contribution in [2.75, 3.05) is 7.11 Å². The molecule has 0 N–H and O–H groups in total. The van der Waals surface area contributed by atoms with Gasteiger partial charge >= 0.3 is 0 Å². The van der Waals surface area contributed by atoms with Gasteiger partial charge in [-0.15, -0.1) is 0 Å². The molecular formula is C9H16O2. The Labute approximate surface area is 67.9 Å². The minimum Gasteiger partial charge on any atom is -0.370 e. The highest BCUT2D eigenvalue weighted by Gasteiger charge is 2.63. The minimum absolute atomic E-state index is 0.0150. The van der Waals surface area contributed by atoms with Gasteiger partial charge in [-0.25, -0.2) is 0 Å². The Balaban J connectivity index is 2.93. The van der Waals surface area contributed by atoms with Crippen molar-refractivity contribution in [1.82, 2.24) is 0 Å². The van der Waals surface area contributed by atoms with Gasteiger partial charge in [0.1, 0.15) is 5.60 Å². The molecule has 0 heterocycles. The van der Waals surface area contributed by atoms with Gasteiger partial charge in [0.2, 0.25) is 0 Å². The molecule has 11 heavy (non-hydrogen) atoms. The lowest BCUT2D eigenvalue weighted by Gasteiger charge is -2.55. The van der Waals surface area contributed by atoms with E-state index >= 15 is 0 Å². The van der Waals surface area contributed by atoms with E-state index in [1.165, 1.54) is 0 Å². The number of carbonyl (C=O) groups is 1. The molecule has 64 valence electrons. The predicted octanol–water partition coefficient (Wildman–Crippen LogP) is 1.64. The van der Waals surface area contributed by atoms with E-state index in [0.717, 1.165) is 0 Å². The summed E-state index contributed by atoms with van der Waals surface area (Å²) in [4.78, 5) is 11.4. The summed E-state index contributed by atoms with van der Waals surface area (Å²) < 4.78 is 5.22. The summed E-state index contributed by atoms with van der Waals surface area (Å²) in [6.07, 6.45) is 0. The average Bonchev–Trinajstić information content (AvgIpc) is 2.00. The maximum atomic E-state index is 11.4. The van der Waals surface area contributed by atoms with E-state index in [0.29, 0.717) is 0 Å². The highest BCUT2D eigenvalue weighted by Crippen LogP contribution is 2.52. The number of hydrogen-bond acceptors (Lipinski definition) is 2. The summed E-state index contributed by atoms with van der Waals surface area (Å²) in [5, 5.41) is 0. The van der Waals surface area contributed by atoms with E-state index in [1.54, 1.807) is 7.11 Å². The van der Waals surface area contributed by atoms with Crippen molar-refractivity contribution in [3.63, 3.8) is 0 Å². The van der Waals surface area contributed by atoms with Crippen molar-refractivity contribution in [2.45, 2.75) is 33.3 Å². The van der Waals surface area contributed by atoms with Gasteiger partial charge in [0, 0.05) is 18.4 Å². The van der Waals surface area contributed by atoms with E-state index in [2.05, 4.69) is 13.8 Å². The number of ether oxygens (including phenoxy) is 1. The lowest BCUT2D eigenvalue weighted by Crippen LogP contribution is -2.67. The zero-order chi connectivity index (χ0) is 8.86. The molecule has 1 fully saturated rings. The lowest BCUT2D eigenvalue weighted by atomic mass is 9.52. The Morgan fingerprint density at radius 1 is 1.36 bits per heavy atom. The van der Waals surface area contributed by atoms with Crippen molar-refractivity contribution >= 4 is 5.78 Å². The monoisotopic (exact) mass is 156 g/mol. The zero-order valence-electron chi connectivity index (χ0n) is 7.89. The van der Waals surface area contributed by atoms with Gasteiger partial charge < -0.3 is 4.74 Å². The van der Waals surface area contributed by atoms with Gasteiger partial charge in [-0.1, -0.05) is 20.8 Å². The number of ketones is 1. The highest BCUT2D eigenvalue weighted by molar-refractivity contribution is 5.97. The van der Waals surface area contributed by atoms with Crippen LogP contribution in [0.25, 0.3) is 0 Å². The van der Waals surface area contributed by atoms with Crippen molar-refractivity contribution < 1.29 is 9.53 Å². The first-order valence-corrected chi connectivity index (χ1v) is 3.97. The number of carbonyl (C=O) groups excluding carboxylic acids is 1.